The summed E-state index contributed by atoms with van der Waals surface area (Å²) in [6.45, 7) is 5.28. The molecule has 1 aromatic carbocycles. The third-order valence-corrected chi connectivity index (χ3v) is 2.73. The molecule has 1 saturated heterocycles. The predicted molar refractivity (Wildman–Crippen MR) is 62.7 cm³/mol. The lowest BCUT2D eigenvalue weighted by Gasteiger charge is -2.23. The van der Waals surface area contributed by atoms with Crippen molar-refractivity contribution in [2.75, 3.05) is 26.3 Å². The van der Waals surface area contributed by atoms with Crippen LogP contribution in [0.4, 0.5) is 13.2 Å². The van der Waals surface area contributed by atoms with Gasteiger partial charge in [0.05, 0.1) is 13.2 Å². The number of carbonyl (C=O) groups is 1. The Balaban J connectivity index is 0.000000246. The zero-order chi connectivity index (χ0) is 15.0. The molecule has 2 rings (SSSR count). The molecular weight excluding hydrogens is 275 g/mol. The van der Waals surface area contributed by atoms with Crippen LogP contribution >= 0.6 is 0 Å². The van der Waals surface area contributed by atoms with Gasteiger partial charge in [0.2, 0.25) is 0 Å². The average Bonchev–Trinajstić information content (AvgIpc) is 2.40. The fraction of sp³-hybridized carbons (Fsp3) is 0.462. The lowest BCUT2D eigenvalue weighted by atomic mass is 10.2. The molecule has 1 N–H and O–H groups in total. The first-order valence-corrected chi connectivity index (χ1v) is 6.13. The largest absolute Gasteiger partial charge is 0.542 e. The Morgan fingerprint density at radius 1 is 1.20 bits per heavy atom. The number of quaternary nitrogens is 1. The SMILES string of the molecule is O=C([O-])C(F)(F)F.c1ccc(C[NH+]2CCOCC2)cc1. The van der Waals surface area contributed by atoms with Gasteiger partial charge in [-0.1, -0.05) is 30.3 Å². The minimum Gasteiger partial charge on any atom is -0.542 e. The number of rotatable bonds is 2. The Hall–Kier alpha value is -1.60. The van der Waals surface area contributed by atoms with Gasteiger partial charge in [0.15, 0.2) is 0 Å². The van der Waals surface area contributed by atoms with Crippen LogP contribution in [0, 0.1) is 0 Å². The standard InChI is InChI=1S/C11H15NO.C2HF3O2/c1-2-4-11(5-3-1)10-12-6-8-13-9-7-12;3-2(4,5)1(6)7/h1-5H,6-10H2;(H,6,7). The molecular formula is C13H16F3NO3. The first-order valence-electron chi connectivity index (χ1n) is 6.13. The number of morpholine rings is 1. The molecule has 1 aliphatic heterocycles. The van der Waals surface area contributed by atoms with Crippen molar-refractivity contribution in [2.45, 2.75) is 12.7 Å². The highest BCUT2D eigenvalue weighted by Crippen LogP contribution is 2.11. The molecule has 4 nitrogen and oxygen atoms in total. The molecule has 0 bridgehead atoms. The summed E-state index contributed by atoms with van der Waals surface area (Å²) in [5.74, 6) is -3.01. The Morgan fingerprint density at radius 3 is 2.15 bits per heavy atom. The molecule has 0 atom stereocenters. The van der Waals surface area contributed by atoms with Gasteiger partial charge in [0, 0.05) is 5.56 Å². The Labute approximate surface area is 114 Å². The molecule has 0 aliphatic carbocycles. The zero-order valence-electron chi connectivity index (χ0n) is 10.8. The van der Waals surface area contributed by atoms with E-state index in [-0.39, 0.29) is 0 Å². The Bertz CT molecular complexity index is 403. The van der Waals surface area contributed by atoms with E-state index in [0.29, 0.717) is 0 Å². The molecule has 0 unspecified atom stereocenters. The summed E-state index contributed by atoms with van der Waals surface area (Å²) in [4.78, 5) is 10.4. The summed E-state index contributed by atoms with van der Waals surface area (Å²) < 4.78 is 36.9. The van der Waals surface area contributed by atoms with Crippen LogP contribution < -0.4 is 10.0 Å². The van der Waals surface area contributed by atoms with Crippen LogP contribution in [0.1, 0.15) is 5.56 Å². The third kappa shape index (κ3) is 6.53. The molecule has 0 amide bonds. The summed E-state index contributed by atoms with van der Waals surface area (Å²) >= 11 is 0. The number of carbonyl (C=O) groups excluding carboxylic acids is 1. The molecule has 1 heterocycles. The summed E-state index contributed by atoms with van der Waals surface area (Å²) in [6, 6.07) is 10.7. The van der Waals surface area contributed by atoms with Gasteiger partial charge < -0.3 is 19.5 Å². The number of halogens is 3. The zero-order valence-corrected chi connectivity index (χ0v) is 10.8. The lowest BCUT2D eigenvalue weighted by molar-refractivity contribution is -0.921. The smallest absolute Gasteiger partial charge is 0.430 e. The van der Waals surface area contributed by atoms with E-state index in [9.17, 15) is 13.2 Å². The number of carboxylic acid groups (broad SMARTS) is 1. The average molecular weight is 291 g/mol. The maximum Gasteiger partial charge on any atom is 0.430 e. The number of benzene rings is 1. The highest BCUT2D eigenvalue weighted by Gasteiger charge is 2.28. The molecule has 1 fully saturated rings. The highest BCUT2D eigenvalue weighted by molar-refractivity contribution is 5.70. The van der Waals surface area contributed by atoms with Crippen molar-refractivity contribution in [3.8, 4) is 0 Å². The summed E-state index contributed by atoms with van der Waals surface area (Å²) in [6.07, 6.45) is -5.19. The highest BCUT2D eigenvalue weighted by atomic mass is 19.4. The van der Waals surface area contributed by atoms with Crippen LogP contribution in [0.25, 0.3) is 0 Å². The van der Waals surface area contributed by atoms with Crippen LogP contribution in [-0.4, -0.2) is 38.4 Å². The monoisotopic (exact) mass is 291 g/mol. The van der Waals surface area contributed by atoms with Gasteiger partial charge in [-0.15, -0.1) is 0 Å². The predicted octanol–water partition coefficient (Wildman–Crippen LogP) is -0.600. The van der Waals surface area contributed by atoms with E-state index in [4.69, 9.17) is 14.6 Å². The molecule has 20 heavy (non-hydrogen) atoms. The second-order valence-electron chi connectivity index (χ2n) is 4.31. The number of hydrogen-bond donors (Lipinski definition) is 1. The van der Waals surface area contributed by atoms with Crippen LogP contribution in [0.5, 0.6) is 0 Å². The van der Waals surface area contributed by atoms with Crippen LogP contribution in [0.3, 0.4) is 0 Å². The van der Waals surface area contributed by atoms with Crippen molar-refractivity contribution in [1.29, 1.82) is 0 Å². The summed E-state index contributed by atoms with van der Waals surface area (Å²) in [7, 11) is 0. The molecule has 0 spiro atoms. The molecule has 7 heteroatoms. The second-order valence-corrected chi connectivity index (χ2v) is 4.31. The quantitative estimate of drug-likeness (QED) is 0.792. The fourth-order valence-corrected chi connectivity index (χ4v) is 1.72. The topological polar surface area (TPSA) is 53.8 Å². The number of nitrogens with one attached hydrogen (secondary N) is 1. The molecule has 0 saturated carbocycles. The van der Waals surface area contributed by atoms with Crippen molar-refractivity contribution in [3.63, 3.8) is 0 Å². The van der Waals surface area contributed by atoms with Gasteiger partial charge in [-0.05, 0) is 0 Å². The van der Waals surface area contributed by atoms with E-state index in [0.717, 1.165) is 32.8 Å². The van der Waals surface area contributed by atoms with E-state index in [2.05, 4.69) is 30.3 Å². The van der Waals surface area contributed by atoms with Crippen LogP contribution in [0.2, 0.25) is 0 Å². The molecule has 1 aromatic rings. The number of carboxylic acids is 1. The van der Waals surface area contributed by atoms with Gasteiger partial charge in [0.25, 0.3) is 0 Å². The number of alkyl halides is 3. The van der Waals surface area contributed by atoms with Crippen LogP contribution in [-0.2, 0) is 16.1 Å². The normalized spacial score (nSPS) is 16.1. The van der Waals surface area contributed by atoms with Crippen molar-refractivity contribution in [2.24, 2.45) is 0 Å². The van der Waals surface area contributed by atoms with E-state index >= 15 is 0 Å². The fourth-order valence-electron chi connectivity index (χ4n) is 1.72. The van der Waals surface area contributed by atoms with Gasteiger partial charge >= 0.3 is 6.18 Å². The van der Waals surface area contributed by atoms with Gasteiger partial charge in [0.1, 0.15) is 25.6 Å². The van der Waals surface area contributed by atoms with E-state index < -0.39 is 12.1 Å². The Kier molecular flexibility index (Phi) is 6.47. The molecule has 112 valence electrons. The van der Waals surface area contributed by atoms with E-state index in [1.165, 1.54) is 5.56 Å². The van der Waals surface area contributed by atoms with E-state index in [1.807, 2.05) is 0 Å². The molecule has 0 radical (unpaired) electrons. The van der Waals surface area contributed by atoms with Crippen LogP contribution in [0.15, 0.2) is 30.3 Å². The van der Waals surface area contributed by atoms with Crippen molar-refractivity contribution in [1.82, 2.24) is 0 Å². The van der Waals surface area contributed by atoms with Crippen molar-refractivity contribution >= 4 is 5.97 Å². The van der Waals surface area contributed by atoms with Crippen molar-refractivity contribution < 1.29 is 32.7 Å². The Morgan fingerprint density at radius 2 is 1.70 bits per heavy atom. The minimum atomic E-state index is -5.19. The lowest BCUT2D eigenvalue weighted by Crippen LogP contribution is -3.12. The van der Waals surface area contributed by atoms with Crippen molar-refractivity contribution in [3.05, 3.63) is 35.9 Å². The number of ether oxygens (including phenoxy) is 1. The maximum atomic E-state index is 10.5. The van der Waals surface area contributed by atoms with Gasteiger partial charge in [-0.25, -0.2) is 0 Å². The molecule has 1 aliphatic rings. The number of hydrogen-bond acceptors (Lipinski definition) is 3. The third-order valence-electron chi connectivity index (χ3n) is 2.73. The molecule has 0 aromatic heterocycles. The minimum absolute atomic E-state index is 0.919. The van der Waals surface area contributed by atoms with Gasteiger partial charge in [-0.2, -0.15) is 13.2 Å². The second kappa shape index (κ2) is 7.86. The maximum absolute atomic E-state index is 10.5. The summed E-state index contributed by atoms with van der Waals surface area (Å²) in [5, 5.41) is 8.78. The first-order chi connectivity index (χ1) is 9.39. The number of aliphatic carboxylic acids is 1. The summed E-state index contributed by atoms with van der Waals surface area (Å²) in [5.41, 5.74) is 1.43. The first kappa shape index (κ1) is 16.5. The van der Waals surface area contributed by atoms with E-state index in [1.54, 1.807) is 4.90 Å². The van der Waals surface area contributed by atoms with Gasteiger partial charge in [-0.3, -0.25) is 0 Å².